The monoisotopic (exact) mass is 76.0 g/mol. The first-order valence-electron chi connectivity index (χ1n) is 0.901. The van der Waals surface area contributed by atoms with Crippen LogP contribution in [0.1, 0.15) is 0 Å². The molecule has 0 amide bonds. The van der Waals surface area contributed by atoms with Gasteiger partial charge in [0, 0.05) is 6.26 Å². The van der Waals surface area contributed by atoms with Gasteiger partial charge in [-0.1, -0.05) is 0 Å². The largest absolute Gasteiger partial charge is 0.281 e. The van der Waals surface area contributed by atoms with E-state index < -0.39 is 0 Å². The molecule has 1 radical (unpaired) electrons. The average Bonchev–Trinajstić information content (AvgIpc) is 0.811. The van der Waals surface area contributed by atoms with Gasteiger partial charge in [-0.2, -0.15) is 0 Å². The van der Waals surface area contributed by atoms with Crippen molar-refractivity contribution in [3.05, 3.63) is 6.26 Å². The van der Waals surface area contributed by atoms with Crippen molar-refractivity contribution in [1.82, 2.24) is 0 Å². The van der Waals surface area contributed by atoms with Crippen molar-refractivity contribution in [3.8, 4) is 0 Å². The molecule has 0 aliphatic rings. The summed E-state index contributed by atoms with van der Waals surface area (Å²) in [4.78, 5) is 0. The number of hydrogen-bond donors (Lipinski definition) is 1. The fourth-order valence-corrected chi connectivity index (χ4v) is 0. The van der Waals surface area contributed by atoms with Crippen molar-refractivity contribution in [2.75, 3.05) is 6.26 Å². The van der Waals surface area contributed by atoms with Crippen molar-refractivity contribution < 1.29 is 0 Å². The predicted molar refractivity (Wildman–Crippen MR) is 21.4 cm³/mol. The summed E-state index contributed by atoms with van der Waals surface area (Å²) < 4.78 is 6.50. The SMILES string of the molecule is [CH2]S(C)=N. The maximum atomic E-state index is 6.50. The zero-order valence-corrected chi connectivity index (χ0v) is 3.43. The summed E-state index contributed by atoms with van der Waals surface area (Å²) >= 11 is 0. The van der Waals surface area contributed by atoms with Crippen molar-refractivity contribution in [2.24, 2.45) is 0 Å². The van der Waals surface area contributed by atoms with E-state index in [1.807, 2.05) is 0 Å². The summed E-state index contributed by atoms with van der Waals surface area (Å²) in [5.41, 5.74) is 0. The molecule has 0 aliphatic carbocycles. The molecule has 1 N–H and O–H groups in total. The zero-order valence-electron chi connectivity index (χ0n) is 2.62. The molecule has 1 nitrogen and oxygen atoms in total. The van der Waals surface area contributed by atoms with E-state index in [0.29, 0.717) is 0 Å². The minimum atomic E-state index is -0.361. The van der Waals surface area contributed by atoms with E-state index in [1.165, 1.54) is 0 Å². The van der Waals surface area contributed by atoms with Crippen LogP contribution in [0.25, 0.3) is 0 Å². The van der Waals surface area contributed by atoms with Crippen LogP contribution in [-0.4, -0.2) is 6.26 Å². The van der Waals surface area contributed by atoms with Crippen molar-refractivity contribution in [1.29, 1.82) is 4.78 Å². The summed E-state index contributed by atoms with van der Waals surface area (Å²) in [5, 5.41) is 0. The van der Waals surface area contributed by atoms with Crippen LogP contribution in [0.15, 0.2) is 0 Å². The second kappa shape index (κ2) is 1.47. The third-order valence-corrected chi connectivity index (χ3v) is 0. The van der Waals surface area contributed by atoms with Crippen LogP contribution in [-0.2, 0) is 10.7 Å². The van der Waals surface area contributed by atoms with Crippen LogP contribution in [0.4, 0.5) is 0 Å². The number of nitrogens with one attached hydrogen (secondary N) is 1. The molecule has 0 aromatic heterocycles. The Kier molecular flexibility index (Phi) is 1.52. The molecule has 4 heavy (non-hydrogen) atoms. The third-order valence-electron chi connectivity index (χ3n) is 0. The van der Waals surface area contributed by atoms with Crippen molar-refractivity contribution >= 4 is 10.7 Å². The van der Waals surface area contributed by atoms with Crippen LogP contribution in [0.5, 0.6) is 0 Å². The Balaban J connectivity index is 2.80. The smallest absolute Gasteiger partial charge is 0.0136 e. The molecule has 0 spiro atoms. The Labute approximate surface area is 28.9 Å². The van der Waals surface area contributed by atoms with Crippen molar-refractivity contribution in [3.63, 3.8) is 0 Å². The highest BCUT2D eigenvalue weighted by atomic mass is 32.2. The van der Waals surface area contributed by atoms with Gasteiger partial charge in [0.2, 0.25) is 0 Å². The molecule has 0 saturated carbocycles. The van der Waals surface area contributed by atoms with Crippen LogP contribution in [0.3, 0.4) is 0 Å². The Hall–Kier alpha value is 0.150. The Morgan fingerprint density at radius 3 is 2.00 bits per heavy atom. The van der Waals surface area contributed by atoms with Gasteiger partial charge in [-0.3, -0.25) is 4.78 Å². The van der Waals surface area contributed by atoms with E-state index in [9.17, 15) is 0 Å². The molecule has 1 unspecified atom stereocenters. The van der Waals surface area contributed by atoms with Crippen LogP contribution >= 0.6 is 0 Å². The van der Waals surface area contributed by atoms with Gasteiger partial charge in [-0.05, 0) is 6.26 Å². The van der Waals surface area contributed by atoms with Crippen LogP contribution < -0.4 is 0 Å². The molecular formula is C2H6NS. The molecular weight excluding hydrogens is 70.1 g/mol. The Morgan fingerprint density at radius 1 is 2.00 bits per heavy atom. The molecule has 0 aromatic rings. The van der Waals surface area contributed by atoms with Crippen LogP contribution in [0.2, 0.25) is 0 Å². The van der Waals surface area contributed by atoms with Gasteiger partial charge in [0.05, 0.1) is 0 Å². The van der Waals surface area contributed by atoms with Gasteiger partial charge < -0.3 is 0 Å². The molecule has 1 atom stereocenters. The van der Waals surface area contributed by atoms with E-state index in [0.717, 1.165) is 0 Å². The maximum Gasteiger partial charge on any atom is 0.0136 e. The summed E-state index contributed by atoms with van der Waals surface area (Å²) in [6.07, 6.45) is 5.08. The lowest BCUT2D eigenvalue weighted by molar-refractivity contribution is 1.64. The predicted octanol–water partition coefficient (Wildman–Crippen LogP) is 0.788. The lowest BCUT2D eigenvalue weighted by Crippen LogP contribution is -1.60. The number of rotatable bonds is 0. The van der Waals surface area contributed by atoms with Gasteiger partial charge in [-0.25, -0.2) is 0 Å². The van der Waals surface area contributed by atoms with E-state index >= 15 is 0 Å². The molecule has 0 rings (SSSR count). The first-order chi connectivity index (χ1) is 1.73. The summed E-state index contributed by atoms with van der Waals surface area (Å²) in [7, 11) is -0.361. The Morgan fingerprint density at radius 2 is 2.00 bits per heavy atom. The molecule has 0 aliphatic heterocycles. The van der Waals surface area contributed by atoms with Gasteiger partial charge in [0.15, 0.2) is 0 Å². The quantitative estimate of drug-likeness (QED) is 0.441. The van der Waals surface area contributed by atoms with Gasteiger partial charge in [-0.15, -0.1) is 10.7 Å². The number of hydrogen-bond acceptors (Lipinski definition) is 1. The maximum absolute atomic E-state index is 6.50. The van der Waals surface area contributed by atoms with Gasteiger partial charge >= 0.3 is 0 Å². The van der Waals surface area contributed by atoms with Gasteiger partial charge in [0.1, 0.15) is 0 Å². The third kappa shape index (κ3) is 126. The molecule has 0 heterocycles. The van der Waals surface area contributed by atoms with E-state index in [4.69, 9.17) is 4.78 Å². The highest BCUT2D eigenvalue weighted by Gasteiger charge is 1.51. The van der Waals surface area contributed by atoms with E-state index in [2.05, 4.69) is 6.26 Å². The lowest BCUT2D eigenvalue weighted by Gasteiger charge is -1.67. The highest BCUT2D eigenvalue weighted by molar-refractivity contribution is 7.86. The summed E-state index contributed by atoms with van der Waals surface area (Å²) in [6.45, 7) is 0. The van der Waals surface area contributed by atoms with Gasteiger partial charge in [0.25, 0.3) is 0 Å². The molecule has 2 heteroatoms. The second-order valence-corrected chi connectivity index (χ2v) is 1.91. The first kappa shape index (κ1) is 4.15. The normalized spacial score (nSPS) is 8.75. The standard InChI is InChI=1S/C2H6NS/c1-4(2)3/h3H,1H2,2H3. The molecule has 0 bridgehead atoms. The minimum Gasteiger partial charge on any atom is -0.281 e. The zero-order chi connectivity index (χ0) is 3.58. The lowest BCUT2D eigenvalue weighted by atomic mass is 11.9. The molecule has 0 saturated heterocycles. The van der Waals surface area contributed by atoms with E-state index in [1.54, 1.807) is 6.26 Å². The highest BCUT2D eigenvalue weighted by Crippen LogP contribution is 1.57. The minimum absolute atomic E-state index is 0.361. The molecule has 0 aromatic carbocycles. The Bertz CT molecular complexity index is 29.0. The average molecular weight is 76.1 g/mol. The topological polar surface area (TPSA) is 23.9 Å². The molecule has 25 valence electrons. The summed E-state index contributed by atoms with van der Waals surface area (Å²) in [6, 6.07) is 0. The molecule has 0 fully saturated rings. The second-order valence-electron chi connectivity index (χ2n) is 0.637. The van der Waals surface area contributed by atoms with E-state index in [-0.39, 0.29) is 10.7 Å². The fourth-order valence-electron chi connectivity index (χ4n) is 0. The summed E-state index contributed by atoms with van der Waals surface area (Å²) in [5.74, 6) is 0. The van der Waals surface area contributed by atoms with Crippen LogP contribution in [0, 0.1) is 11.0 Å². The first-order valence-corrected chi connectivity index (χ1v) is 2.70. The fraction of sp³-hybridized carbons (Fsp3) is 0.500. The van der Waals surface area contributed by atoms with Crippen molar-refractivity contribution in [2.45, 2.75) is 0 Å².